The van der Waals surface area contributed by atoms with Crippen LogP contribution >= 0.6 is 15.9 Å². The Labute approximate surface area is 144 Å². The quantitative estimate of drug-likeness (QED) is 0.819. The molecule has 0 aliphatic heterocycles. The molecule has 0 heterocycles. The average molecular weight is 380 g/mol. The normalized spacial score (nSPS) is 11.2. The SMILES string of the molecule is CC(C)(C)c1ccccc1OCC(=O)Nc1ccc(Br)cc1F. The van der Waals surface area contributed by atoms with Crippen LogP contribution in [0.15, 0.2) is 46.9 Å². The minimum atomic E-state index is -0.497. The summed E-state index contributed by atoms with van der Waals surface area (Å²) in [6.45, 7) is 6.05. The van der Waals surface area contributed by atoms with Gasteiger partial charge >= 0.3 is 0 Å². The highest BCUT2D eigenvalue weighted by Crippen LogP contribution is 2.30. The second-order valence-corrected chi connectivity index (χ2v) is 7.12. The van der Waals surface area contributed by atoms with Crippen molar-refractivity contribution in [1.82, 2.24) is 0 Å². The molecule has 0 saturated heterocycles. The van der Waals surface area contributed by atoms with Crippen LogP contribution < -0.4 is 10.1 Å². The minimum Gasteiger partial charge on any atom is -0.483 e. The molecule has 0 aromatic heterocycles. The molecule has 122 valence electrons. The van der Waals surface area contributed by atoms with Crippen LogP contribution in [0.2, 0.25) is 0 Å². The van der Waals surface area contributed by atoms with Gasteiger partial charge in [-0.25, -0.2) is 4.39 Å². The summed E-state index contributed by atoms with van der Waals surface area (Å²) in [5.74, 6) is -0.246. The maximum absolute atomic E-state index is 13.7. The summed E-state index contributed by atoms with van der Waals surface area (Å²) < 4.78 is 19.9. The summed E-state index contributed by atoms with van der Waals surface area (Å²) in [5.41, 5.74) is 1.05. The van der Waals surface area contributed by atoms with Crippen LogP contribution in [0.1, 0.15) is 26.3 Å². The van der Waals surface area contributed by atoms with E-state index < -0.39 is 11.7 Å². The minimum absolute atomic E-state index is 0.0924. The van der Waals surface area contributed by atoms with Gasteiger partial charge in [-0.05, 0) is 35.2 Å². The molecule has 0 radical (unpaired) electrons. The van der Waals surface area contributed by atoms with Crippen molar-refractivity contribution in [2.24, 2.45) is 0 Å². The lowest BCUT2D eigenvalue weighted by Gasteiger charge is -2.22. The Hall–Kier alpha value is -1.88. The molecule has 0 bridgehead atoms. The number of ether oxygens (including phenoxy) is 1. The highest BCUT2D eigenvalue weighted by molar-refractivity contribution is 9.10. The molecule has 5 heteroatoms. The van der Waals surface area contributed by atoms with Gasteiger partial charge in [0.15, 0.2) is 6.61 Å². The van der Waals surface area contributed by atoms with Gasteiger partial charge in [0.1, 0.15) is 11.6 Å². The molecule has 1 amide bonds. The van der Waals surface area contributed by atoms with Gasteiger partial charge in [0.2, 0.25) is 0 Å². The number of hydrogen-bond acceptors (Lipinski definition) is 2. The summed E-state index contributed by atoms with van der Waals surface area (Å²) >= 11 is 3.17. The van der Waals surface area contributed by atoms with Gasteiger partial charge in [0.05, 0.1) is 5.69 Å². The van der Waals surface area contributed by atoms with E-state index in [1.165, 1.54) is 12.1 Å². The molecule has 0 fully saturated rings. The summed E-state index contributed by atoms with van der Waals surface area (Å²) in [6, 6.07) is 12.1. The fraction of sp³-hybridized carbons (Fsp3) is 0.278. The van der Waals surface area contributed by atoms with Crippen LogP contribution in [0.3, 0.4) is 0 Å². The predicted octanol–water partition coefficient (Wildman–Crippen LogP) is 4.90. The van der Waals surface area contributed by atoms with Crippen LogP contribution in [0.5, 0.6) is 5.75 Å². The largest absolute Gasteiger partial charge is 0.483 e. The number of para-hydroxylation sites is 1. The van der Waals surface area contributed by atoms with E-state index in [-0.39, 0.29) is 17.7 Å². The van der Waals surface area contributed by atoms with E-state index in [4.69, 9.17) is 4.74 Å². The van der Waals surface area contributed by atoms with Crippen molar-refractivity contribution in [3.05, 3.63) is 58.3 Å². The number of nitrogens with one attached hydrogen (secondary N) is 1. The maximum atomic E-state index is 13.7. The van der Waals surface area contributed by atoms with Gasteiger partial charge in [-0.2, -0.15) is 0 Å². The Bertz CT molecular complexity index is 710. The van der Waals surface area contributed by atoms with Crippen molar-refractivity contribution in [2.75, 3.05) is 11.9 Å². The molecule has 0 unspecified atom stereocenters. The molecule has 3 nitrogen and oxygen atoms in total. The third-order valence-corrected chi connectivity index (χ3v) is 3.75. The van der Waals surface area contributed by atoms with E-state index in [0.717, 1.165) is 5.56 Å². The van der Waals surface area contributed by atoms with Gasteiger partial charge in [-0.15, -0.1) is 0 Å². The number of amides is 1. The Kier molecular flexibility index (Phi) is 5.42. The number of carbonyl (C=O) groups excluding carboxylic acids is 1. The molecule has 2 aromatic carbocycles. The highest BCUT2D eigenvalue weighted by Gasteiger charge is 2.19. The first-order chi connectivity index (χ1) is 10.8. The molecule has 23 heavy (non-hydrogen) atoms. The lowest BCUT2D eigenvalue weighted by Crippen LogP contribution is -2.22. The fourth-order valence-corrected chi connectivity index (χ4v) is 2.47. The van der Waals surface area contributed by atoms with Crippen molar-refractivity contribution in [2.45, 2.75) is 26.2 Å². The fourth-order valence-electron chi connectivity index (χ4n) is 2.13. The van der Waals surface area contributed by atoms with E-state index in [9.17, 15) is 9.18 Å². The van der Waals surface area contributed by atoms with Crippen molar-refractivity contribution >= 4 is 27.5 Å². The van der Waals surface area contributed by atoms with Crippen LogP contribution in [-0.4, -0.2) is 12.5 Å². The van der Waals surface area contributed by atoms with Gasteiger partial charge in [0.25, 0.3) is 5.91 Å². The van der Waals surface area contributed by atoms with Gasteiger partial charge < -0.3 is 10.1 Å². The number of carbonyl (C=O) groups is 1. The summed E-state index contributed by atoms with van der Waals surface area (Å²) in [5, 5.41) is 2.51. The first-order valence-corrected chi connectivity index (χ1v) is 8.04. The van der Waals surface area contributed by atoms with Crippen molar-refractivity contribution in [3.8, 4) is 5.75 Å². The van der Waals surface area contributed by atoms with Gasteiger partial charge in [0, 0.05) is 4.47 Å². The molecule has 0 aliphatic carbocycles. The topological polar surface area (TPSA) is 38.3 Å². The molecule has 0 atom stereocenters. The lowest BCUT2D eigenvalue weighted by atomic mass is 9.86. The molecule has 2 aromatic rings. The Morgan fingerprint density at radius 1 is 1.22 bits per heavy atom. The van der Waals surface area contributed by atoms with Crippen LogP contribution in [0.4, 0.5) is 10.1 Å². The van der Waals surface area contributed by atoms with Crippen LogP contribution in [0, 0.1) is 5.82 Å². The second-order valence-electron chi connectivity index (χ2n) is 6.21. The number of benzene rings is 2. The van der Waals surface area contributed by atoms with E-state index in [0.29, 0.717) is 10.2 Å². The standard InChI is InChI=1S/C18H19BrFNO2/c1-18(2,3)13-6-4-5-7-16(13)23-11-17(22)21-15-9-8-12(19)10-14(15)20/h4-10H,11H2,1-3H3,(H,21,22). The maximum Gasteiger partial charge on any atom is 0.262 e. The molecule has 1 N–H and O–H groups in total. The smallest absolute Gasteiger partial charge is 0.262 e. The Balaban J connectivity index is 2.03. The third kappa shape index (κ3) is 4.79. The molecule has 0 spiro atoms. The Morgan fingerprint density at radius 3 is 2.57 bits per heavy atom. The van der Waals surface area contributed by atoms with E-state index in [2.05, 4.69) is 42.0 Å². The zero-order valence-corrected chi connectivity index (χ0v) is 14.9. The van der Waals surface area contributed by atoms with E-state index >= 15 is 0 Å². The zero-order valence-electron chi connectivity index (χ0n) is 13.3. The van der Waals surface area contributed by atoms with Gasteiger partial charge in [-0.1, -0.05) is 54.9 Å². The number of halogens is 2. The van der Waals surface area contributed by atoms with Crippen molar-refractivity contribution in [1.29, 1.82) is 0 Å². The number of anilines is 1. The van der Waals surface area contributed by atoms with E-state index in [1.807, 2.05) is 24.3 Å². The molecule has 0 aliphatic rings. The summed E-state index contributed by atoms with van der Waals surface area (Å²) in [7, 11) is 0. The first kappa shape index (κ1) is 17.5. The summed E-state index contributed by atoms with van der Waals surface area (Å²) in [6.07, 6.45) is 0. The number of hydrogen-bond donors (Lipinski definition) is 1. The molecule has 0 saturated carbocycles. The van der Waals surface area contributed by atoms with Crippen LogP contribution in [0.25, 0.3) is 0 Å². The molecular formula is C18H19BrFNO2. The lowest BCUT2D eigenvalue weighted by molar-refractivity contribution is -0.118. The average Bonchev–Trinajstić information content (AvgIpc) is 2.47. The highest BCUT2D eigenvalue weighted by atomic mass is 79.9. The van der Waals surface area contributed by atoms with Crippen LogP contribution in [-0.2, 0) is 10.2 Å². The van der Waals surface area contributed by atoms with Crippen molar-refractivity contribution < 1.29 is 13.9 Å². The zero-order chi connectivity index (χ0) is 17.0. The second kappa shape index (κ2) is 7.13. The molecule has 2 rings (SSSR count). The van der Waals surface area contributed by atoms with E-state index in [1.54, 1.807) is 6.07 Å². The first-order valence-electron chi connectivity index (χ1n) is 7.24. The van der Waals surface area contributed by atoms with Crippen molar-refractivity contribution in [3.63, 3.8) is 0 Å². The Morgan fingerprint density at radius 2 is 1.91 bits per heavy atom. The number of rotatable bonds is 4. The third-order valence-electron chi connectivity index (χ3n) is 3.26. The molecular weight excluding hydrogens is 361 g/mol. The monoisotopic (exact) mass is 379 g/mol. The summed E-state index contributed by atoms with van der Waals surface area (Å²) in [4.78, 5) is 12.0. The van der Waals surface area contributed by atoms with Gasteiger partial charge in [-0.3, -0.25) is 4.79 Å². The predicted molar refractivity (Wildman–Crippen MR) is 93.4 cm³/mol.